The molecule has 2 aliphatic heterocycles. The van der Waals surface area contributed by atoms with Crippen molar-refractivity contribution in [1.82, 2.24) is 4.90 Å². The summed E-state index contributed by atoms with van der Waals surface area (Å²) >= 11 is 6.70. The number of hydrogen-bond acceptors (Lipinski definition) is 4. The smallest absolute Gasteiger partial charge is 0.134 e. The number of benzene rings is 2. The van der Waals surface area contributed by atoms with E-state index in [1.165, 1.54) is 49.9 Å². The normalized spacial score (nSPS) is 35.5. The first-order valence-electron chi connectivity index (χ1n) is 15.3. The summed E-state index contributed by atoms with van der Waals surface area (Å²) in [5.74, 6) is 3.14. The molecule has 0 aromatic heterocycles. The molecule has 0 bridgehead atoms. The highest BCUT2D eigenvalue weighted by Gasteiger charge is 2.64. The number of rotatable bonds is 5. The molecule has 7 rings (SSSR count). The first-order valence-corrected chi connectivity index (χ1v) is 15.6. The minimum atomic E-state index is -0.134. The van der Waals surface area contributed by atoms with Gasteiger partial charge in [0.1, 0.15) is 18.1 Å². The first kappa shape index (κ1) is 25.9. The van der Waals surface area contributed by atoms with Gasteiger partial charge in [0.25, 0.3) is 0 Å². The Morgan fingerprint density at radius 2 is 1.90 bits per heavy atom. The third-order valence-electron chi connectivity index (χ3n) is 11.3. The van der Waals surface area contributed by atoms with Crippen LogP contribution in [-0.2, 0) is 11.2 Å². The van der Waals surface area contributed by atoms with Crippen molar-refractivity contribution < 1.29 is 14.6 Å². The van der Waals surface area contributed by atoms with E-state index in [9.17, 15) is 5.11 Å². The molecule has 5 aliphatic rings. The average Bonchev–Trinajstić information content (AvgIpc) is 3.56. The standard InChI is InChI=1S/C34H42ClNO3/c1-33-22-28(23-6-8-24(9-7-23)38-21-19-36-17-3-2-4-18-36)31-25-12-13-30(37)32(35)26(25)10-11-27(31)29(33)14-16-34(33)15-5-20-39-34/h5-9,12-13,15,27-29,31,37H,2-4,10-11,14,16-22H2,1H3/t27-,28?,29-,31+,33-,34-/m0/s1. The zero-order valence-corrected chi connectivity index (χ0v) is 24.0. The van der Waals surface area contributed by atoms with Crippen LogP contribution in [0.5, 0.6) is 11.5 Å². The van der Waals surface area contributed by atoms with Crippen LogP contribution < -0.4 is 4.74 Å². The van der Waals surface area contributed by atoms with E-state index >= 15 is 0 Å². The molecule has 2 aromatic carbocycles. The molecule has 1 spiro atoms. The van der Waals surface area contributed by atoms with Crippen LogP contribution in [0.1, 0.15) is 80.4 Å². The lowest BCUT2D eigenvalue weighted by Gasteiger charge is -2.56. The summed E-state index contributed by atoms with van der Waals surface area (Å²) in [6, 6.07) is 13.0. The summed E-state index contributed by atoms with van der Waals surface area (Å²) in [4.78, 5) is 2.53. The number of hydrogen-bond donors (Lipinski definition) is 1. The van der Waals surface area contributed by atoms with E-state index in [1.807, 2.05) is 6.07 Å². The minimum absolute atomic E-state index is 0.105. The van der Waals surface area contributed by atoms with Gasteiger partial charge in [-0.3, -0.25) is 4.90 Å². The second kappa shape index (κ2) is 10.1. The predicted molar refractivity (Wildman–Crippen MR) is 156 cm³/mol. The largest absolute Gasteiger partial charge is 0.506 e. The van der Waals surface area contributed by atoms with Gasteiger partial charge in [0, 0.05) is 12.0 Å². The van der Waals surface area contributed by atoms with E-state index in [0.29, 0.717) is 28.7 Å². The zero-order chi connectivity index (χ0) is 26.6. The van der Waals surface area contributed by atoms with E-state index < -0.39 is 0 Å². The highest BCUT2D eigenvalue weighted by atomic mass is 35.5. The van der Waals surface area contributed by atoms with Crippen LogP contribution in [0.4, 0.5) is 0 Å². The van der Waals surface area contributed by atoms with Gasteiger partial charge in [-0.25, -0.2) is 0 Å². The number of piperidine rings is 1. The maximum absolute atomic E-state index is 10.4. The molecule has 3 fully saturated rings. The molecule has 39 heavy (non-hydrogen) atoms. The Bertz CT molecular complexity index is 1240. The first-order chi connectivity index (χ1) is 19.0. The van der Waals surface area contributed by atoms with Gasteiger partial charge in [-0.1, -0.05) is 55.3 Å². The molecule has 6 atom stereocenters. The fraction of sp³-hybridized carbons (Fsp3) is 0.588. The van der Waals surface area contributed by atoms with Crippen LogP contribution in [-0.4, -0.2) is 48.5 Å². The minimum Gasteiger partial charge on any atom is -0.506 e. The van der Waals surface area contributed by atoms with Crippen LogP contribution >= 0.6 is 11.6 Å². The molecular weight excluding hydrogens is 506 g/mol. The van der Waals surface area contributed by atoms with Crippen molar-refractivity contribution in [3.63, 3.8) is 0 Å². The summed E-state index contributed by atoms with van der Waals surface area (Å²) in [5, 5.41) is 11.0. The number of likely N-dealkylation sites (tertiary alicyclic amines) is 1. The molecule has 1 unspecified atom stereocenters. The number of aromatic hydroxyl groups is 1. The number of ether oxygens (including phenoxy) is 2. The Kier molecular flexibility index (Phi) is 6.73. The summed E-state index contributed by atoms with van der Waals surface area (Å²) in [7, 11) is 0. The van der Waals surface area contributed by atoms with Crippen molar-refractivity contribution in [3.8, 4) is 11.5 Å². The van der Waals surface area contributed by atoms with Crippen molar-refractivity contribution in [2.45, 2.75) is 75.7 Å². The Morgan fingerprint density at radius 1 is 1.08 bits per heavy atom. The highest BCUT2D eigenvalue weighted by Crippen LogP contribution is 2.69. The molecular formula is C34H42ClNO3. The second-order valence-corrected chi connectivity index (χ2v) is 13.4. The van der Waals surface area contributed by atoms with Gasteiger partial charge >= 0.3 is 0 Å². The Morgan fingerprint density at radius 3 is 2.67 bits per heavy atom. The molecule has 2 aromatic rings. The Labute approximate surface area is 238 Å². The highest BCUT2D eigenvalue weighted by molar-refractivity contribution is 6.32. The van der Waals surface area contributed by atoms with E-state index in [0.717, 1.165) is 56.8 Å². The lowest BCUT2D eigenvalue weighted by Crippen LogP contribution is -2.52. The van der Waals surface area contributed by atoms with Gasteiger partial charge in [0.05, 0.1) is 17.2 Å². The fourth-order valence-electron chi connectivity index (χ4n) is 9.37. The molecule has 1 saturated heterocycles. The summed E-state index contributed by atoms with van der Waals surface area (Å²) in [6.07, 6.45) is 14.1. The lowest BCUT2D eigenvalue weighted by molar-refractivity contribution is -0.101. The van der Waals surface area contributed by atoms with Crippen LogP contribution in [0, 0.1) is 17.3 Å². The summed E-state index contributed by atoms with van der Waals surface area (Å²) in [5.41, 5.74) is 3.87. The second-order valence-electron chi connectivity index (χ2n) is 13.0. The van der Waals surface area contributed by atoms with E-state index in [1.54, 1.807) is 0 Å². The predicted octanol–water partition coefficient (Wildman–Crippen LogP) is 7.49. The van der Waals surface area contributed by atoms with Gasteiger partial charge in [-0.2, -0.15) is 0 Å². The van der Waals surface area contributed by atoms with E-state index in [-0.39, 0.29) is 16.8 Å². The number of phenols is 1. The lowest BCUT2D eigenvalue weighted by atomic mass is 9.49. The summed E-state index contributed by atoms with van der Waals surface area (Å²) < 4.78 is 12.8. The van der Waals surface area contributed by atoms with Gasteiger partial charge in [-0.15, -0.1) is 0 Å². The van der Waals surface area contributed by atoms with Crippen LogP contribution in [0.15, 0.2) is 48.6 Å². The van der Waals surface area contributed by atoms with E-state index in [2.05, 4.69) is 54.3 Å². The number of halogens is 1. The topological polar surface area (TPSA) is 41.9 Å². The molecule has 0 radical (unpaired) electrons. The maximum Gasteiger partial charge on any atom is 0.134 e. The number of phenolic OH excluding ortho intramolecular Hbond substituents is 1. The SMILES string of the molecule is C[C@]12CC(c3ccc(OCCN4CCCCC4)cc3)[C@@H]3c4ccc(O)c(Cl)c4CC[C@H]3[C@@H]1CC[C@@]21C=CCO1. The molecule has 208 valence electrons. The Balaban J connectivity index is 1.19. The van der Waals surface area contributed by atoms with Crippen molar-refractivity contribution >= 4 is 11.6 Å². The summed E-state index contributed by atoms with van der Waals surface area (Å²) in [6.45, 7) is 7.41. The number of nitrogens with zero attached hydrogens (tertiary/aromatic N) is 1. The molecule has 2 heterocycles. The molecule has 1 N–H and O–H groups in total. The molecule has 0 amide bonds. The van der Waals surface area contributed by atoms with Gasteiger partial charge in [-0.05, 0) is 117 Å². The fourth-order valence-corrected chi connectivity index (χ4v) is 9.63. The van der Waals surface area contributed by atoms with E-state index in [4.69, 9.17) is 21.1 Å². The van der Waals surface area contributed by atoms with Crippen molar-refractivity contribution in [1.29, 1.82) is 0 Å². The zero-order valence-electron chi connectivity index (χ0n) is 23.2. The molecule has 3 aliphatic carbocycles. The van der Waals surface area contributed by atoms with Gasteiger partial charge in [0.15, 0.2) is 0 Å². The molecule has 4 nitrogen and oxygen atoms in total. The molecule has 2 saturated carbocycles. The van der Waals surface area contributed by atoms with Gasteiger partial charge < -0.3 is 14.6 Å². The van der Waals surface area contributed by atoms with Gasteiger partial charge in [0.2, 0.25) is 0 Å². The average molecular weight is 548 g/mol. The number of fused-ring (bicyclic) bond motifs is 6. The van der Waals surface area contributed by atoms with Crippen LogP contribution in [0.2, 0.25) is 5.02 Å². The third kappa shape index (κ3) is 4.24. The third-order valence-corrected chi connectivity index (χ3v) is 11.7. The molecule has 5 heteroatoms. The Hall–Kier alpha value is -2.01. The maximum atomic E-state index is 10.4. The van der Waals surface area contributed by atoms with Crippen molar-refractivity contribution in [2.75, 3.05) is 32.8 Å². The monoisotopic (exact) mass is 547 g/mol. The quantitative estimate of drug-likeness (QED) is 0.394. The van der Waals surface area contributed by atoms with Crippen molar-refractivity contribution in [3.05, 3.63) is 70.3 Å². The van der Waals surface area contributed by atoms with Crippen LogP contribution in [0.25, 0.3) is 0 Å². The van der Waals surface area contributed by atoms with Crippen LogP contribution in [0.3, 0.4) is 0 Å². The van der Waals surface area contributed by atoms with Crippen molar-refractivity contribution in [2.24, 2.45) is 17.3 Å².